The summed E-state index contributed by atoms with van der Waals surface area (Å²) < 4.78 is 20.6. The minimum atomic E-state index is -0.361. The van der Waals surface area contributed by atoms with Crippen LogP contribution in [0, 0.1) is 5.82 Å². The molecule has 3 heterocycles. The summed E-state index contributed by atoms with van der Waals surface area (Å²) in [4.78, 5) is 25.5. The van der Waals surface area contributed by atoms with E-state index in [1.165, 1.54) is 12.1 Å². The van der Waals surface area contributed by atoms with Gasteiger partial charge in [0.2, 0.25) is 0 Å². The molecule has 9 heteroatoms. The molecule has 0 unspecified atom stereocenters. The predicted molar refractivity (Wildman–Crippen MR) is 136 cm³/mol. The van der Waals surface area contributed by atoms with E-state index < -0.39 is 0 Å². The van der Waals surface area contributed by atoms with Gasteiger partial charge in [0.15, 0.2) is 0 Å². The van der Waals surface area contributed by atoms with E-state index in [0.717, 1.165) is 54.3 Å². The number of imidazole rings is 1. The van der Waals surface area contributed by atoms with E-state index >= 15 is 0 Å². The van der Waals surface area contributed by atoms with Crippen molar-refractivity contribution in [3.8, 4) is 11.4 Å². The number of nitrogens with zero attached hydrogens (tertiary/aromatic N) is 5. The van der Waals surface area contributed by atoms with Crippen LogP contribution in [-0.2, 0) is 11.8 Å². The molecule has 1 fully saturated rings. The van der Waals surface area contributed by atoms with Gasteiger partial charge in [0.05, 0.1) is 28.2 Å². The third-order valence-electron chi connectivity index (χ3n) is 6.26. The molecule has 0 amide bonds. The zero-order valence-corrected chi connectivity index (χ0v) is 20.3. The number of aryl methyl sites for hydroxylation is 1. The number of hydrogen-bond acceptors (Lipinski definition) is 6. The lowest BCUT2D eigenvalue weighted by molar-refractivity contribution is 0.0526. The van der Waals surface area contributed by atoms with Crippen molar-refractivity contribution < 1.29 is 13.9 Å². The third-order valence-corrected chi connectivity index (χ3v) is 6.59. The average molecular weight is 494 g/mol. The first-order valence-electron chi connectivity index (χ1n) is 11.5. The molecular formula is C26H25ClFN5O2. The van der Waals surface area contributed by atoms with E-state index in [2.05, 4.69) is 14.8 Å². The van der Waals surface area contributed by atoms with Gasteiger partial charge in [-0.1, -0.05) is 11.6 Å². The van der Waals surface area contributed by atoms with E-state index in [9.17, 15) is 9.18 Å². The highest BCUT2D eigenvalue weighted by Crippen LogP contribution is 2.33. The summed E-state index contributed by atoms with van der Waals surface area (Å²) in [5.41, 5.74) is 3.75. The van der Waals surface area contributed by atoms with Crippen molar-refractivity contribution in [2.24, 2.45) is 7.05 Å². The number of esters is 1. The Morgan fingerprint density at radius 2 is 1.83 bits per heavy atom. The van der Waals surface area contributed by atoms with Gasteiger partial charge in [-0.25, -0.2) is 19.2 Å². The molecule has 0 saturated carbocycles. The minimum absolute atomic E-state index is 0.296. The van der Waals surface area contributed by atoms with Crippen LogP contribution in [0.5, 0.6) is 0 Å². The fourth-order valence-corrected chi connectivity index (χ4v) is 4.59. The Labute approximate surface area is 207 Å². The smallest absolute Gasteiger partial charge is 0.339 e. The van der Waals surface area contributed by atoms with Crippen LogP contribution >= 0.6 is 11.6 Å². The molecule has 2 aromatic carbocycles. The van der Waals surface area contributed by atoms with Gasteiger partial charge in [-0.3, -0.25) is 0 Å². The fourth-order valence-electron chi connectivity index (χ4n) is 4.39. The molecule has 7 nitrogen and oxygen atoms in total. The van der Waals surface area contributed by atoms with Crippen LogP contribution in [0.1, 0.15) is 17.3 Å². The molecule has 0 spiro atoms. The molecule has 4 aromatic rings. The first-order chi connectivity index (χ1) is 16.9. The number of ether oxygens (including phenoxy) is 1. The quantitative estimate of drug-likeness (QED) is 0.367. The number of carbonyl (C=O) groups excluding carboxylic acids is 1. The highest BCUT2D eigenvalue weighted by atomic mass is 35.5. The number of anilines is 2. The van der Waals surface area contributed by atoms with Crippen molar-refractivity contribution in [2.75, 3.05) is 42.6 Å². The Morgan fingerprint density at radius 1 is 1.06 bits per heavy atom. The predicted octanol–water partition coefficient (Wildman–Crippen LogP) is 4.93. The van der Waals surface area contributed by atoms with Gasteiger partial charge in [0.25, 0.3) is 0 Å². The molecule has 1 saturated heterocycles. The van der Waals surface area contributed by atoms with Crippen LogP contribution in [0.15, 0.2) is 54.7 Å². The van der Waals surface area contributed by atoms with Crippen molar-refractivity contribution >= 4 is 40.1 Å². The van der Waals surface area contributed by atoms with E-state index in [4.69, 9.17) is 21.3 Å². The molecule has 0 radical (unpaired) electrons. The van der Waals surface area contributed by atoms with Crippen molar-refractivity contribution in [1.29, 1.82) is 0 Å². The number of fused-ring (bicyclic) bond motifs is 1. The second kappa shape index (κ2) is 9.54. The number of rotatable bonds is 5. The molecule has 0 bridgehead atoms. The van der Waals surface area contributed by atoms with Gasteiger partial charge in [0, 0.05) is 50.7 Å². The number of carbonyl (C=O) groups is 1. The molecule has 180 valence electrons. The topological polar surface area (TPSA) is 63.5 Å². The summed E-state index contributed by atoms with van der Waals surface area (Å²) in [6.45, 7) is 5.29. The number of piperazine rings is 1. The van der Waals surface area contributed by atoms with Crippen LogP contribution in [0.3, 0.4) is 0 Å². The lowest BCUT2D eigenvalue weighted by Crippen LogP contribution is -2.46. The molecule has 35 heavy (non-hydrogen) atoms. The Kier molecular flexibility index (Phi) is 6.30. The summed E-state index contributed by atoms with van der Waals surface area (Å²) in [5, 5.41) is 0.595. The van der Waals surface area contributed by atoms with Gasteiger partial charge in [-0.05, 0) is 55.5 Å². The third kappa shape index (κ3) is 4.53. The van der Waals surface area contributed by atoms with Crippen LogP contribution < -0.4 is 9.80 Å². The maximum Gasteiger partial charge on any atom is 0.339 e. The second-order valence-corrected chi connectivity index (χ2v) is 8.80. The molecule has 5 rings (SSSR count). The zero-order valence-electron chi connectivity index (χ0n) is 19.5. The number of pyridine rings is 1. The molecule has 2 aromatic heterocycles. The van der Waals surface area contributed by atoms with Gasteiger partial charge in [-0.2, -0.15) is 0 Å². The first kappa shape index (κ1) is 23.1. The number of benzene rings is 2. The average Bonchev–Trinajstić information content (AvgIpc) is 3.20. The van der Waals surface area contributed by atoms with Crippen LogP contribution in [0.4, 0.5) is 15.9 Å². The summed E-state index contributed by atoms with van der Waals surface area (Å²) in [7, 11) is 1.87. The van der Waals surface area contributed by atoms with Crippen LogP contribution in [-0.4, -0.2) is 53.3 Å². The van der Waals surface area contributed by atoms with E-state index in [-0.39, 0.29) is 11.8 Å². The van der Waals surface area contributed by atoms with E-state index in [1.54, 1.807) is 25.3 Å². The van der Waals surface area contributed by atoms with Crippen molar-refractivity contribution in [1.82, 2.24) is 14.5 Å². The highest BCUT2D eigenvalue weighted by Gasteiger charge is 2.21. The Hall–Kier alpha value is -3.65. The summed E-state index contributed by atoms with van der Waals surface area (Å²) in [5.74, 6) is 0.874. The number of hydrogen-bond donors (Lipinski definition) is 0. The van der Waals surface area contributed by atoms with Crippen LogP contribution in [0.2, 0.25) is 5.02 Å². The lowest BCUT2D eigenvalue weighted by atomic mass is 10.1. The van der Waals surface area contributed by atoms with Crippen LogP contribution in [0.25, 0.3) is 22.4 Å². The lowest BCUT2D eigenvalue weighted by Gasteiger charge is -2.37. The number of aromatic nitrogens is 3. The molecule has 0 atom stereocenters. The zero-order chi connectivity index (χ0) is 24.5. The van der Waals surface area contributed by atoms with Gasteiger partial charge in [-0.15, -0.1) is 0 Å². The Morgan fingerprint density at radius 3 is 2.54 bits per heavy atom. The molecular weight excluding hydrogens is 469 g/mol. The fraction of sp³-hybridized carbons (Fsp3) is 0.269. The van der Waals surface area contributed by atoms with Crippen molar-refractivity contribution in [3.05, 3.63) is 71.1 Å². The van der Waals surface area contributed by atoms with Gasteiger partial charge in [0.1, 0.15) is 17.5 Å². The Balaban J connectivity index is 1.33. The second-order valence-electron chi connectivity index (χ2n) is 8.39. The van der Waals surface area contributed by atoms with E-state index in [0.29, 0.717) is 23.0 Å². The minimum Gasteiger partial charge on any atom is -0.462 e. The van der Waals surface area contributed by atoms with E-state index in [1.807, 2.05) is 35.9 Å². The standard InChI is InChI=1S/C26H25ClFN5O2/c1-3-35-26(34)17-4-9-24(29-16-17)33-12-10-32(11-13-33)19-6-7-21(27)20(15-19)25-30-22-8-5-18(28)14-23(22)31(25)2/h4-9,14-16H,3,10-13H2,1-2H3. The number of halogens is 2. The Bertz CT molecular complexity index is 1380. The van der Waals surface area contributed by atoms with Crippen molar-refractivity contribution in [3.63, 3.8) is 0 Å². The summed E-state index contributed by atoms with van der Waals surface area (Å²) >= 11 is 6.56. The monoisotopic (exact) mass is 493 g/mol. The maximum atomic E-state index is 13.8. The molecule has 1 aliphatic rings. The maximum absolute atomic E-state index is 13.8. The highest BCUT2D eigenvalue weighted by molar-refractivity contribution is 6.33. The summed E-state index contributed by atoms with van der Waals surface area (Å²) in [6, 6.07) is 14.1. The normalized spacial score (nSPS) is 13.9. The van der Waals surface area contributed by atoms with Gasteiger partial charge < -0.3 is 19.1 Å². The SMILES string of the molecule is CCOC(=O)c1ccc(N2CCN(c3ccc(Cl)c(-c4nc5ccc(F)cc5n4C)c3)CC2)nc1. The van der Waals surface area contributed by atoms with Gasteiger partial charge >= 0.3 is 5.97 Å². The first-order valence-corrected chi connectivity index (χ1v) is 11.9. The molecule has 0 aliphatic carbocycles. The largest absolute Gasteiger partial charge is 0.462 e. The van der Waals surface area contributed by atoms with Crippen molar-refractivity contribution in [2.45, 2.75) is 6.92 Å². The molecule has 1 aliphatic heterocycles. The summed E-state index contributed by atoms with van der Waals surface area (Å²) in [6.07, 6.45) is 1.56. The molecule has 0 N–H and O–H groups in total.